The Kier molecular flexibility index (Phi) is 5.95. The summed E-state index contributed by atoms with van der Waals surface area (Å²) in [5.74, 6) is 0.0753. The average Bonchev–Trinajstić information content (AvgIpc) is 2.38. The zero-order valence-electron chi connectivity index (χ0n) is 11.0. The lowest BCUT2D eigenvalue weighted by Crippen LogP contribution is -2.09. The van der Waals surface area contributed by atoms with Crippen molar-refractivity contribution in [3.63, 3.8) is 0 Å². The van der Waals surface area contributed by atoms with Gasteiger partial charge in [-0.05, 0) is 19.4 Å². The molecule has 0 aromatic heterocycles. The van der Waals surface area contributed by atoms with Crippen LogP contribution in [-0.2, 0) is 4.74 Å². The van der Waals surface area contributed by atoms with Crippen LogP contribution in [0.3, 0.4) is 0 Å². The minimum atomic E-state index is -0.541. The number of nitro benzene ring substituents is 1. The third-order valence-electron chi connectivity index (χ3n) is 2.39. The second-order valence-electron chi connectivity index (χ2n) is 3.95. The number of nitro groups is 1. The molecule has 6 nitrogen and oxygen atoms in total. The van der Waals surface area contributed by atoms with Gasteiger partial charge in [-0.3, -0.25) is 14.9 Å². The van der Waals surface area contributed by atoms with Crippen LogP contribution < -0.4 is 4.74 Å². The summed E-state index contributed by atoms with van der Waals surface area (Å²) in [4.78, 5) is 21.6. The Morgan fingerprint density at radius 3 is 2.63 bits per heavy atom. The largest absolute Gasteiger partial charge is 0.490 e. The van der Waals surface area contributed by atoms with Crippen molar-refractivity contribution in [1.29, 1.82) is 0 Å². The molecule has 1 aromatic rings. The maximum atomic E-state index is 11.4. The predicted octanol–water partition coefficient (Wildman–Crippen LogP) is 2.60. The van der Waals surface area contributed by atoms with E-state index in [0.29, 0.717) is 25.6 Å². The van der Waals surface area contributed by atoms with Crippen molar-refractivity contribution < 1.29 is 19.2 Å². The quantitative estimate of drug-likeness (QED) is 0.313. The first-order valence-electron chi connectivity index (χ1n) is 6.06. The van der Waals surface area contributed by atoms with E-state index in [1.165, 1.54) is 25.1 Å². The van der Waals surface area contributed by atoms with E-state index >= 15 is 0 Å². The summed E-state index contributed by atoms with van der Waals surface area (Å²) in [5.41, 5.74) is 0.0875. The van der Waals surface area contributed by atoms with Gasteiger partial charge in [0.2, 0.25) is 0 Å². The molecule has 0 aliphatic heterocycles. The molecule has 0 radical (unpaired) electrons. The smallest absolute Gasteiger partial charge is 0.270 e. The van der Waals surface area contributed by atoms with E-state index in [0.717, 1.165) is 6.42 Å². The molecule has 0 heterocycles. The number of non-ortho nitro benzene ring substituents is 1. The molecule has 0 N–H and O–H groups in total. The van der Waals surface area contributed by atoms with Crippen LogP contribution in [0.2, 0.25) is 0 Å². The fourth-order valence-electron chi connectivity index (χ4n) is 1.49. The molecular weight excluding hydrogens is 250 g/mol. The minimum Gasteiger partial charge on any atom is -0.490 e. The highest BCUT2D eigenvalue weighted by Crippen LogP contribution is 2.24. The van der Waals surface area contributed by atoms with Crippen LogP contribution in [0, 0.1) is 10.1 Å². The Morgan fingerprint density at radius 1 is 1.32 bits per heavy atom. The summed E-state index contributed by atoms with van der Waals surface area (Å²) in [6.45, 7) is 4.73. The number of Topliss-reactive ketones (excluding diaryl/α,β-unsaturated/α-hetero) is 1. The number of ether oxygens (including phenoxy) is 2. The van der Waals surface area contributed by atoms with Crippen molar-refractivity contribution in [3.05, 3.63) is 33.9 Å². The van der Waals surface area contributed by atoms with Crippen LogP contribution in [0.1, 0.15) is 30.6 Å². The van der Waals surface area contributed by atoms with E-state index in [4.69, 9.17) is 9.47 Å². The summed E-state index contributed by atoms with van der Waals surface area (Å²) < 4.78 is 10.7. The normalized spacial score (nSPS) is 10.2. The number of hydrogen-bond acceptors (Lipinski definition) is 5. The highest BCUT2D eigenvalue weighted by molar-refractivity contribution is 5.97. The van der Waals surface area contributed by atoms with Crippen molar-refractivity contribution in [2.24, 2.45) is 0 Å². The van der Waals surface area contributed by atoms with E-state index in [1.54, 1.807) is 0 Å². The summed E-state index contributed by atoms with van der Waals surface area (Å²) >= 11 is 0. The molecule has 104 valence electrons. The van der Waals surface area contributed by atoms with Crippen molar-refractivity contribution in [2.45, 2.75) is 20.3 Å². The Labute approximate surface area is 111 Å². The Bertz CT molecular complexity index is 458. The van der Waals surface area contributed by atoms with Gasteiger partial charge in [0.05, 0.1) is 17.1 Å². The number of nitrogens with zero attached hydrogens (tertiary/aromatic N) is 1. The zero-order chi connectivity index (χ0) is 14.3. The molecule has 1 rings (SSSR count). The lowest BCUT2D eigenvalue weighted by atomic mass is 10.1. The number of rotatable bonds is 8. The molecule has 0 aliphatic carbocycles. The van der Waals surface area contributed by atoms with Crippen LogP contribution >= 0.6 is 0 Å². The maximum Gasteiger partial charge on any atom is 0.270 e. The highest BCUT2D eigenvalue weighted by atomic mass is 16.6. The molecule has 0 bridgehead atoms. The van der Waals surface area contributed by atoms with Crippen LogP contribution in [-0.4, -0.2) is 30.5 Å². The second-order valence-corrected chi connectivity index (χ2v) is 3.95. The number of carbonyl (C=O) groups excluding carboxylic acids is 1. The lowest BCUT2D eigenvalue weighted by Gasteiger charge is -2.09. The molecule has 0 spiro atoms. The Hall–Kier alpha value is -1.95. The molecule has 1 aromatic carbocycles. The van der Waals surface area contributed by atoms with Gasteiger partial charge in [-0.1, -0.05) is 6.92 Å². The summed E-state index contributed by atoms with van der Waals surface area (Å²) in [6.07, 6.45) is 0.927. The van der Waals surface area contributed by atoms with Gasteiger partial charge >= 0.3 is 0 Å². The molecule has 0 unspecified atom stereocenters. The van der Waals surface area contributed by atoms with Crippen molar-refractivity contribution in [1.82, 2.24) is 0 Å². The minimum absolute atomic E-state index is 0.125. The van der Waals surface area contributed by atoms with Gasteiger partial charge in [0.25, 0.3) is 5.69 Å². The topological polar surface area (TPSA) is 78.7 Å². The van der Waals surface area contributed by atoms with Crippen LogP contribution in [0.5, 0.6) is 5.75 Å². The first kappa shape index (κ1) is 15.1. The van der Waals surface area contributed by atoms with Gasteiger partial charge in [-0.25, -0.2) is 0 Å². The van der Waals surface area contributed by atoms with Gasteiger partial charge in [0.15, 0.2) is 5.78 Å². The average molecular weight is 267 g/mol. The van der Waals surface area contributed by atoms with Gasteiger partial charge < -0.3 is 9.47 Å². The van der Waals surface area contributed by atoms with Crippen molar-refractivity contribution in [2.75, 3.05) is 19.8 Å². The molecule has 0 atom stereocenters. The molecule has 0 fully saturated rings. The number of ketones is 1. The molecule has 0 saturated heterocycles. The highest BCUT2D eigenvalue weighted by Gasteiger charge is 2.14. The summed E-state index contributed by atoms with van der Waals surface area (Å²) in [7, 11) is 0. The van der Waals surface area contributed by atoms with E-state index in [1.807, 2.05) is 6.92 Å². The second kappa shape index (κ2) is 7.48. The third kappa shape index (κ3) is 4.67. The van der Waals surface area contributed by atoms with Crippen LogP contribution in [0.25, 0.3) is 0 Å². The molecular formula is C13H17NO5. The number of benzene rings is 1. The fraction of sp³-hybridized carbons (Fsp3) is 0.462. The van der Waals surface area contributed by atoms with Crippen molar-refractivity contribution >= 4 is 11.5 Å². The summed E-state index contributed by atoms with van der Waals surface area (Å²) in [5, 5.41) is 10.7. The molecule has 0 aliphatic rings. The standard InChI is InChI=1S/C13H17NO5/c1-3-6-18-7-8-19-13-5-4-11(14(16)17)9-12(13)10(2)15/h4-5,9H,3,6-8H2,1-2H3. The van der Waals surface area contributed by atoms with E-state index in [9.17, 15) is 14.9 Å². The number of hydrogen-bond donors (Lipinski definition) is 0. The third-order valence-corrected chi connectivity index (χ3v) is 2.39. The predicted molar refractivity (Wildman–Crippen MR) is 69.7 cm³/mol. The van der Waals surface area contributed by atoms with E-state index < -0.39 is 4.92 Å². The molecule has 0 amide bonds. The summed E-state index contributed by atoms with van der Waals surface area (Å²) in [6, 6.07) is 3.98. The van der Waals surface area contributed by atoms with Crippen LogP contribution in [0.15, 0.2) is 18.2 Å². The first-order valence-corrected chi connectivity index (χ1v) is 6.06. The van der Waals surface area contributed by atoms with Crippen LogP contribution in [0.4, 0.5) is 5.69 Å². The fourth-order valence-corrected chi connectivity index (χ4v) is 1.49. The number of carbonyl (C=O) groups is 1. The lowest BCUT2D eigenvalue weighted by molar-refractivity contribution is -0.384. The van der Waals surface area contributed by atoms with Gasteiger partial charge in [0, 0.05) is 18.7 Å². The van der Waals surface area contributed by atoms with E-state index in [2.05, 4.69) is 0 Å². The monoisotopic (exact) mass is 267 g/mol. The SMILES string of the molecule is CCCOCCOc1ccc([N+](=O)[O-])cc1C(C)=O. The zero-order valence-corrected chi connectivity index (χ0v) is 11.0. The molecule has 19 heavy (non-hydrogen) atoms. The van der Waals surface area contributed by atoms with Gasteiger partial charge in [-0.2, -0.15) is 0 Å². The van der Waals surface area contributed by atoms with Gasteiger partial charge in [-0.15, -0.1) is 0 Å². The van der Waals surface area contributed by atoms with E-state index in [-0.39, 0.29) is 17.0 Å². The van der Waals surface area contributed by atoms with Gasteiger partial charge in [0.1, 0.15) is 12.4 Å². The first-order chi connectivity index (χ1) is 9.06. The molecule has 6 heteroatoms. The Balaban J connectivity index is 2.71. The van der Waals surface area contributed by atoms with Crippen molar-refractivity contribution in [3.8, 4) is 5.75 Å². The Morgan fingerprint density at radius 2 is 2.05 bits per heavy atom. The molecule has 0 saturated carbocycles. The maximum absolute atomic E-state index is 11.4.